The lowest BCUT2D eigenvalue weighted by atomic mass is 10.1. The maximum atomic E-state index is 11.7. The lowest BCUT2D eigenvalue weighted by molar-refractivity contribution is 0.408. The topological polar surface area (TPSA) is 64.1 Å². The van der Waals surface area contributed by atoms with Crippen molar-refractivity contribution < 1.29 is 4.74 Å². The van der Waals surface area contributed by atoms with Gasteiger partial charge in [0.1, 0.15) is 10.9 Å². The summed E-state index contributed by atoms with van der Waals surface area (Å²) < 4.78 is 6.33. The van der Waals surface area contributed by atoms with Crippen LogP contribution in [0, 0.1) is 0 Å². The first-order valence-corrected chi connectivity index (χ1v) is 6.11. The number of hydrogen-bond acceptors (Lipinski definition) is 3. The van der Waals surface area contributed by atoms with Gasteiger partial charge in [0.2, 0.25) is 0 Å². The van der Waals surface area contributed by atoms with Gasteiger partial charge in [-0.25, -0.2) is 4.79 Å². The first-order chi connectivity index (χ1) is 9.11. The molecule has 0 aliphatic heterocycles. The Balaban J connectivity index is 2.24. The molecule has 0 aliphatic rings. The molecule has 0 unspecified atom stereocenters. The Morgan fingerprint density at radius 2 is 2.05 bits per heavy atom. The number of methoxy groups -OCH3 is 1. The molecule has 1 heterocycles. The molecule has 0 atom stereocenters. The van der Waals surface area contributed by atoms with Crippen LogP contribution in [-0.4, -0.2) is 16.7 Å². The lowest BCUT2D eigenvalue weighted by Gasteiger charge is -2.08. The molecule has 1 aromatic carbocycles. The van der Waals surface area contributed by atoms with E-state index in [-0.39, 0.29) is 11.7 Å². The van der Waals surface area contributed by atoms with Crippen LogP contribution in [0.5, 0.6) is 5.75 Å². The Morgan fingerprint density at radius 1 is 1.32 bits per heavy atom. The second-order valence-electron chi connectivity index (χ2n) is 3.97. The molecule has 1 N–H and O–H groups in total. The Labute approximate surface area is 114 Å². The molecule has 19 heavy (non-hydrogen) atoms. The van der Waals surface area contributed by atoms with Crippen LogP contribution in [0.2, 0.25) is 5.15 Å². The number of hydrogen-bond donors (Lipinski definition) is 1. The maximum Gasteiger partial charge on any atom is 0.329 e. The Morgan fingerprint density at radius 3 is 2.74 bits per heavy atom. The van der Waals surface area contributed by atoms with Gasteiger partial charge in [0, 0.05) is 12.6 Å². The van der Waals surface area contributed by atoms with Crippen LogP contribution in [-0.2, 0) is 13.0 Å². The summed E-state index contributed by atoms with van der Waals surface area (Å²) in [5, 5.41) is 0.0449. The Bertz CT molecular complexity index is 660. The van der Waals surface area contributed by atoms with Crippen LogP contribution < -0.4 is 16.0 Å². The minimum atomic E-state index is -0.507. The number of nitrogens with zero attached hydrogens (tertiary/aromatic N) is 1. The largest absolute Gasteiger partial charge is 0.496 e. The highest BCUT2D eigenvalue weighted by Crippen LogP contribution is 2.17. The molecule has 0 radical (unpaired) electrons. The summed E-state index contributed by atoms with van der Waals surface area (Å²) in [6.45, 7) is 0.270. The van der Waals surface area contributed by atoms with Gasteiger partial charge < -0.3 is 4.74 Å². The van der Waals surface area contributed by atoms with E-state index >= 15 is 0 Å². The average Bonchev–Trinajstić information content (AvgIpc) is 2.38. The van der Waals surface area contributed by atoms with Gasteiger partial charge in [-0.3, -0.25) is 14.3 Å². The van der Waals surface area contributed by atoms with E-state index in [0.29, 0.717) is 6.42 Å². The second-order valence-corrected chi connectivity index (χ2v) is 4.38. The highest BCUT2D eigenvalue weighted by Gasteiger charge is 2.06. The van der Waals surface area contributed by atoms with Gasteiger partial charge >= 0.3 is 5.69 Å². The fourth-order valence-corrected chi connectivity index (χ4v) is 2.02. The highest BCUT2D eigenvalue weighted by molar-refractivity contribution is 6.29. The predicted octanol–water partition coefficient (Wildman–Crippen LogP) is 1.44. The molecule has 0 bridgehead atoms. The summed E-state index contributed by atoms with van der Waals surface area (Å²) in [5.74, 6) is 0.737. The van der Waals surface area contributed by atoms with E-state index in [1.165, 1.54) is 6.07 Å². The number of aryl methyl sites for hydroxylation is 1. The number of aromatic amines is 1. The molecule has 0 saturated heterocycles. The average molecular weight is 281 g/mol. The molecule has 0 saturated carbocycles. The van der Waals surface area contributed by atoms with Gasteiger partial charge in [-0.1, -0.05) is 29.8 Å². The number of halogens is 1. The number of rotatable bonds is 4. The molecule has 2 rings (SSSR count). The van der Waals surface area contributed by atoms with E-state index < -0.39 is 11.2 Å². The van der Waals surface area contributed by atoms with Crippen molar-refractivity contribution in [3.05, 3.63) is 61.9 Å². The first kappa shape index (κ1) is 13.4. The monoisotopic (exact) mass is 280 g/mol. The van der Waals surface area contributed by atoms with Crippen molar-refractivity contribution in [1.82, 2.24) is 9.55 Å². The zero-order valence-electron chi connectivity index (χ0n) is 10.4. The molecule has 2 aromatic rings. The van der Waals surface area contributed by atoms with Crippen LogP contribution in [0.15, 0.2) is 39.9 Å². The van der Waals surface area contributed by atoms with Gasteiger partial charge in [0.25, 0.3) is 5.56 Å². The quantitative estimate of drug-likeness (QED) is 0.862. The number of H-pyrrole nitrogens is 1. The fourth-order valence-electron chi connectivity index (χ4n) is 1.85. The van der Waals surface area contributed by atoms with Crippen LogP contribution in [0.25, 0.3) is 0 Å². The molecule has 0 amide bonds. The minimum Gasteiger partial charge on any atom is -0.496 e. The van der Waals surface area contributed by atoms with Gasteiger partial charge in [-0.05, 0) is 18.1 Å². The summed E-state index contributed by atoms with van der Waals surface area (Å²) in [4.78, 5) is 25.7. The predicted molar refractivity (Wildman–Crippen MR) is 73.0 cm³/mol. The number of ether oxygens (including phenoxy) is 1. The minimum absolute atomic E-state index is 0.0449. The molecule has 0 fully saturated rings. The van der Waals surface area contributed by atoms with Crippen molar-refractivity contribution in [1.29, 1.82) is 0 Å². The molecule has 0 aliphatic carbocycles. The highest BCUT2D eigenvalue weighted by atomic mass is 35.5. The van der Waals surface area contributed by atoms with Crippen molar-refractivity contribution in [2.75, 3.05) is 7.11 Å². The van der Waals surface area contributed by atoms with Crippen LogP contribution in [0.1, 0.15) is 5.56 Å². The SMILES string of the molecule is COc1ccccc1CCn1c(=O)cc(Cl)[nH]c1=O. The van der Waals surface area contributed by atoms with Gasteiger partial charge in [0.05, 0.1) is 7.11 Å². The molecular formula is C13H13ClN2O3. The van der Waals surface area contributed by atoms with Crippen LogP contribution in [0.4, 0.5) is 0 Å². The number of nitrogens with one attached hydrogen (secondary N) is 1. The van der Waals surface area contributed by atoms with Gasteiger partial charge in [-0.2, -0.15) is 0 Å². The zero-order valence-corrected chi connectivity index (χ0v) is 11.1. The lowest BCUT2D eigenvalue weighted by Crippen LogP contribution is -2.35. The molecule has 6 heteroatoms. The summed E-state index contributed by atoms with van der Waals surface area (Å²) in [6.07, 6.45) is 0.522. The van der Waals surface area contributed by atoms with E-state index in [1.807, 2.05) is 24.3 Å². The summed E-state index contributed by atoms with van der Waals surface area (Å²) >= 11 is 5.60. The standard InChI is InChI=1S/C13H13ClN2O3/c1-19-10-5-3-2-4-9(10)6-7-16-12(17)8-11(14)15-13(16)18/h2-5,8H,6-7H2,1H3,(H,15,18). The van der Waals surface area contributed by atoms with Gasteiger partial charge in [0.15, 0.2) is 0 Å². The summed E-state index contributed by atoms with van der Waals surface area (Å²) in [7, 11) is 1.58. The van der Waals surface area contributed by atoms with Crippen LogP contribution in [0.3, 0.4) is 0 Å². The van der Waals surface area contributed by atoms with Crippen molar-refractivity contribution in [2.45, 2.75) is 13.0 Å². The molecule has 100 valence electrons. The third-order valence-electron chi connectivity index (χ3n) is 2.78. The Hall–Kier alpha value is -2.01. The third kappa shape index (κ3) is 3.06. The smallest absolute Gasteiger partial charge is 0.329 e. The number of para-hydroxylation sites is 1. The molecule has 1 aromatic heterocycles. The van der Waals surface area contributed by atoms with Crippen LogP contribution >= 0.6 is 11.6 Å². The third-order valence-corrected chi connectivity index (χ3v) is 2.99. The summed E-state index contributed by atoms with van der Waals surface area (Å²) in [6, 6.07) is 8.67. The van der Waals surface area contributed by atoms with E-state index in [0.717, 1.165) is 15.9 Å². The normalized spacial score (nSPS) is 10.4. The van der Waals surface area contributed by atoms with Crippen molar-refractivity contribution >= 4 is 11.6 Å². The first-order valence-electron chi connectivity index (χ1n) is 5.73. The van der Waals surface area contributed by atoms with E-state index in [2.05, 4.69) is 4.98 Å². The zero-order chi connectivity index (χ0) is 13.8. The second kappa shape index (κ2) is 5.75. The molecular weight excluding hydrogens is 268 g/mol. The van der Waals surface area contributed by atoms with Crippen molar-refractivity contribution in [3.63, 3.8) is 0 Å². The summed E-state index contributed by atoms with van der Waals surface area (Å²) in [5.41, 5.74) is 0.0160. The Kier molecular flexibility index (Phi) is 4.06. The fraction of sp³-hybridized carbons (Fsp3) is 0.231. The molecule has 0 spiro atoms. The number of benzene rings is 1. The van der Waals surface area contributed by atoms with E-state index in [4.69, 9.17) is 16.3 Å². The number of aromatic nitrogens is 2. The maximum absolute atomic E-state index is 11.7. The van der Waals surface area contributed by atoms with Gasteiger partial charge in [-0.15, -0.1) is 0 Å². The van der Waals surface area contributed by atoms with E-state index in [9.17, 15) is 9.59 Å². The van der Waals surface area contributed by atoms with E-state index in [1.54, 1.807) is 7.11 Å². The van der Waals surface area contributed by atoms with Crippen molar-refractivity contribution in [2.24, 2.45) is 0 Å². The van der Waals surface area contributed by atoms with Crippen molar-refractivity contribution in [3.8, 4) is 5.75 Å². The molecule has 5 nitrogen and oxygen atoms in total.